The molecule has 5 rings (SSSR count). The SMILES string of the molecule is O=C1CCC(OCc2cn3cc(Oc4ccc(-c5ccn[nH]5)cc4)ccc3n2)CN1. The lowest BCUT2D eigenvalue weighted by Gasteiger charge is -2.22. The first kappa shape index (κ1) is 18.4. The Morgan fingerprint density at radius 3 is 2.70 bits per heavy atom. The Balaban J connectivity index is 1.24. The normalized spacial score (nSPS) is 16.5. The molecule has 1 aliphatic rings. The Labute approximate surface area is 172 Å². The highest BCUT2D eigenvalue weighted by atomic mass is 16.5. The number of rotatable bonds is 6. The highest BCUT2D eigenvalue weighted by Gasteiger charge is 2.18. The smallest absolute Gasteiger partial charge is 0.220 e. The topological polar surface area (TPSA) is 93.5 Å². The first-order valence-corrected chi connectivity index (χ1v) is 9.86. The molecule has 8 heteroatoms. The number of imidazole rings is 1. The molecule has 152 valence electrons. The Kier molecular flexibility index (Phi) is 4.90. The van der Waals surface area contributed by atoms with Crippen LogP contribution in [-0.4, -0.2) is 38.1 Å². The maximum atomic E-state index is 11.2. The number of benzene rings is 1. The first-order chi connectivity index (χ1) is 14.7. The van der Waals surface area contributed by atoms with Crippen LogP contribution in [0.2, 0.25) is 0 Å². The van der Waals surface area contributed by atoms with Crippen LogP contribution in [0.1, 0.15) is 18.5 Å². The summed E-state index contributed by atoms with van der Waals surface area (Å²) in [6.45, 7) is 0.969. The van der Waals surface area contributed by atoms with Gasteiger partial charge in [-0.2, -0.15) is 5.10 Å². The molecule has 8 nitrogen and oxygen atoms in total. The van der Waals surface area contributed by atoms with Gasteiger partial charge in [-0.25, -0.2) is 4.98 Å². The molecule has 1 atom stereocenters. The standard InChI is InChI=1S/C22H21N5O3/c28-22-8-6-18(11-23-22)29-14-16-12-27-13-19(5-7-21(27)25-16)30-17-3-1-15(2-4-17)20-9-10-24-26-20/h1-5,7,9-10,12-13,18H,6,8,11,14H2,(H,23,28)(H,24,26). The molecule has 1 unspecified atom stereocenters. The summed E-state index contributed by atoms with van der Waals surface area (Å²) in [5, 5.41) is 9.75. The van der Waals surface area contributed by atoms with Crippen molar-refractivity contribution >= 4 is 11.6 Å². The number of carbonyl (C=O) groups is 1. The van der Waals surface area contributed by atoms with Gasteiger partial charge in [0.1, 0.15) is 17.1 Å². The van der Waals surface area contributed by atoms with Crippen molar-refractivity contribution in [1.82, 2.24) is 24.9 Å². The van der Waals surface area contributed by atoms with Gasteiger partial charge in [0.15, 0.2) is 0 Å². The monoisotopic (exact) mass is 403 g/mol. The van der Waals surface area contributed by atoms with Crippen LogP contribution in [0.3, 0.4) is 0 Å². The predicted octanol–water partition coefficient (Wildman–Crippen LogP) is 3.31. The lowest BCUT2D eigenvalue weighted by molar-refractivity contribution is -0.125. The van der Waals surface area contributed by atoms with Gasteiger partial charge in [-0.05, 0) is 54.4 Å². The fourth-order valence-electron chi connectivity index (χ4n) is 3.46. The molecule has 1 aliphatic heterocycles. The van der Waals surface area contributed by atoms with E-state index in [1.54, 1.807) is 6.20 Å². The van der Waals surface area contributed by atoms with E-state index in [2.05, 4.69) is 20.5 Å². The van der Waals surface area contributed by atoms with Crippen molar-refractivity contribution in [2.75, 3.05) is 6.54 Å². The van der Waals surface area contributed by atoms with Crippen LogP contribution in [0.25, 0.3) is 16.9 Å². The summed E-state index contributed by atoms with van der Waals surface area (Å²) in [6.07, 6.45) is 6.86. The van der Waals surface area contributed by atoms with Gasteiger partial charge in [0.25, 0.3) is 0 Å². The molecule has 30 heavy (non-hydrogen) atoms. The number of aromatic amines is 1. The van der Waals surface area contributed by atoms with E-state index in [1.165, 1.54) is 0 Å². The van der Waals surface area contributed by atoms with E-state index in [-0.39, 0.29) is 12.0 Å². The molecule has 1 aromatic carbocycles. The number of nitrogens with one attached hydrogen (secondary N) is 2. The summed E-state index contributed by atoms with van der Waals surface area (Å²) in [5.41, 5.74) is 3.68. The van der Waals surface area contributed by atoms with E-state index in [0.29, 0.717) is 19.6 Å². The van der Waals surface area contributed by atoms with E-state index in [1.807, 2.05) is 59.3 Å². The van der Waals surface area contributed by atoms with E-state index in [9.17, 15) is 4.79 Å². The summed E-state index contributed by atoms with van der Waals surface area (Å²) < 4.78 is 13.8. The zero-order chi connectivity index (χ0) is 20.3. The summed E-state index contributed by atoms with van der Waals surface area (Å²) >= 11 is 0. The summed E-state index contributed by atoms with van der Waals surface area (Å²) in [7, 11) is 0. The van der Waals surface area contributed by atoms with Gasteiger partial charge in [-0.3, -0.25) is 9.89 Å². The van der Waals surface area contributed by atoms with Gasteiger partial charge in [-0.15, -0.1) is 0 Å². The minimum absolute atomic E-state index is 0.0381. The summed E-state index contributed by atoms with van der Waals surface area (Å²) in [6, 6.07) is 13.6. The number of piperidine rings is 1. The van der Waals surface area contributed by atoms with Crippen molar-refractivity contribution < 1.29 is 14.3 Å². The van der Waals surface area contributed by atoms with Crippen molar-refractivity contribution in [2.45, 2.75) is 25.6 Å². The van der Waals surface area contributed by atoms with Crippen LogP contribution in [0.15, 0.2) is 61.1 Å². The van der Waals surface area contributed by atoms with Gasteiger partial charge < -0.3 is 19.2 Å². The van der Waals surface area contributed by atoms with Crippen LogP contribution >= 0.6 is 0 Å². The van der Waals surface area contributed by atoms with Crippen LogP contribution in [0, 0.1) is 0 Å². The van der Waals surface area contributed by atoms with Crippen molar-refractivity contribution in [1.29, 1.82) is 0 Å². The molecule has 0 aliphatic carbocycles. The van der Waals surface area contributed by atoms with Gasteiger partial charge in [0.2, 0.25) is 5.91 Å². The molecule has 0 saturated carbocycles. The third kappa shape index (κ3) is 4.04. The minimum Gasteiger partial charge on any atom is -0.456 e. The third-order valence-electron chi connectivity index (χ3n) is 5.06. The maximum absolute atomic E-state index is 11.2. The van der Waals surface area contributed by atoms with Crippen LogP contribution in [-0.2, 0) is 16.1 Å². The summed E-state index contributed by atoms with van der Waals surface area (Å²) in [5.74, 6) is 1.56. The number of pyridine rings is 1. The maximum Gasteiger partial charge on any atom is 0.220 e. The molecule has 1 saturated heterocycles. The number of aromatic nitrogens is 4. The van der Waals surface area contributed by atoms with E-state index in [0.717, 1.165) is 40.5 Å². The number of amides is 1. The molecule has 4 heterocycles. The number of hydrogen-bond donors (Lipinski definition) is 2. The Morgan fingerprint density at radius 1 is 1.07 bits per heavy atom. The molecule has 0 radical (unpaired) electrons. The fraction of sp³-hybridized carbons (Fsp3) is 0.227. The Morgan fingerprint density at radius 2 is 1.93 bits per heavy atom. The Hall–Kier alpha value is -3.65. The lowest BCUT2D eigenvalue weighted by atomic mass is 10.1. The Bertz CT molecular complexity index is 1140. The first-order valence-electron chi connectivity index (χ1n) is 9.86. The number of hydrogen-bond acceptors (Lipinski definition) is 5. The molecule has 4 aromatic rings. The van der Waals surface area contributed by atoms with Crippen molar-refractivity contribution in [3.63, 3.8) is 0 Å². The van der Waals surface area contributed by atoms with Crippen LogP contribution in [0.5, 0.6) is 11.5 Å². The molecule has 1 amide bonds. The second kappa shape index (κ2) is 8.00. The highest BCUT2D eigenvalue weighted by Crippen LogP contribution is 2.25. The van der Waals surface area contributed by atoms with E-state index in [4.69, 9.17) is 9.47 Å². The number of fused-ring (bicyclic) bond motifs is 1. The average molecular weight is 403 g/mol. The van der Waals surface area contributed by atoms with Crippen LogP contribution in [0.4, 0.5) is 0 Å². The van der Waals surface area contributed by atoms with Crippen LogP contribution < -0.4 is 10.1 Å². The molecular formula is C22H21N5O3. The molecule has 1 fully saturated rings. The van der Waals surface area contributed by atoms with Crippen molar-refractivity contribution in [3.05, 3.63) is 66.7 Å². The number of carbonyl (C=O) groups excluding carboxylic acids is 1. The minimum atomic E-state index is 0.0381. The second-order valence-electron chi connectivity index (χ2n) is 7.24. The van der Waals surface area contributed by atoms with Gasteiger partial charge in [0.05, 0.1) is 30.3 Å². The molecule has 3 aromatic heterocycles. The van der Waals surface area contributed by atoms with E-state index >= 15 is 0 Å². The van der Waals surface area contributed by atoms with E-state index < -0.39 is 0 Å². The fourth-order valence-corrected chi connectivity index (χ4v) is 3.46. The zero-order valence-corrected chi connectivity index (χ0v) is 16.2. The second-order valence-corrected chi connectivity index (χ2v) is 7.24. The quantitative estimate of drug-likeness (QED) is 0.515. The third-order valence-corrected chi connectivity index (χ3v) is 5.06. The number of ether oxygens (including phenoxy) is 2. The molecule has 0 spiro atoms. The van der Waals surface area contributed by atoms with Gasteiger partial charge in [-0.1, -0.05) is 0 Å². The summed E-state index contributed by atoms with van der Waals surface area (Å²) in [4.78, 5) is 15.8. The molecular weight excluding hydrogens is 382 g/mol. The average Bonchev–Trinajstić information content (AvgIpc) is 3.43. The molecule has 0 bridgehead atoms. The number of nitrogens with zero attached hydrogens (tertiary/aromatic N) is 3. The predicted molar refractivity (Wildman–Crippen MR) is 110 cm³/mol. The van der Waals surface area contributed by atoms with Gasteiger partial charge in [0, 0.05) is 25.4 Å². The zero-order valence-electron chi connectivity index (χ0n) is 16.2. The largest absolute Gasteiger partial charge is 0.456 e. The lowest BCUT2D eigenvalue weighted by Crippen LogP contribution is -2.39. The molecule has 2 N–H and O–H groups in total. The van der Waals surface area contributed by atoms with Crippen molar-refractivity contribution in [3.8, 4) is 22.8 Å². The van der Waals surface area contributed by atoms with Crippen molar-refractivity contribution in [2.24, 2.45) is 0 Å². The highest BCUT2D eigenvalue weighted by molar-refractivity contribution is 5.76. The van der Waals surface area contributed by atoms with Gasteiger partial charge >= 0.3 is 0 Å². The number of H-pyrrole nitrogens is 1.